The van der Waals surface area contributed by atoms with Gasteiger partial charge in [0.05, 0.1) is 6.61 Å². The number of rotatable bonds is 5. The summed E-state index contributed by atoms with van der Waals surface area (Å²) in [5, 5.41) is 3.51. The van der Waals surface area contributed by atoms with Crippen molar-refractivity contribution in [2.45, 2.75) is 25.9 Å². The van der Waals surface area contributed by atoms with Crippen LogP contribution in [0.5, 0.6) is 0 Å². The molecule has 0 unspecified atom stereocenters. The van der Waals surface area contributed by atoms with E-state index in [2.05, 4.69) is 12.2 Å². The molecule has 1 rings (SSSR count). The molecule has 0 saturated carbocycles. The summed E-state index contributed by atoms with van der Waals surface area (Å²) < 4.78 is 5.30. The van der Waals surface area contributed by atoms with Gasteiger partial charge in [0.15, 0.2) is 0 Å². The molecule has 11 heavy (non-hydrogen) atoms. The van der Waals surface area contributed by atoms with Crippen LogP contribution in [-0.2, 0) is 4.74 Å². The molecule has 1 N–H and O–H groups in total. The van der Waals surface area contributed by atoms with E-state index in [-0.39, 0.29) is 0 Å². The SMILES string of the molecule is CCOC[C@H](C)NC1CSC1. The summed E-state index contributed by atoms with van der Waals surface area (Å²) in [6.45, 7) is 5.88. The highest BCUT2D eigenvalue weighted by Crippen LogP contribution is 2.17. The van der Waals surface area contributed by atoms with Crippen molar-refractivity contribution < 1.29 is 4.74 Å². The maximum Gasteiger partial charge on any atom is 0.0616 e. The first kappa shape index (κ1) is 9.36. The van der Waals surface area contributed by atoms with Crippen molar-refractivity contribution >= 4 is 11.8 Å². The molecule has 66 valence electrons. The molecule has 0 bridgehead atoms. The predicted octanol–water partition coefficient (Wildman–Crippen LogP) is 1.12. The molecule has 0 spiro atoms. The number of nitrogens with one attached hydrogen (secondary N) is 1. The van der Waals surface area contributed by atoms with Gasteiger partial charge in [0.25, 0.3) is 0 Å². The van der Waals surface area contributed by atoms with Crippen LogP contribution in [0.25, 0.3) is 0 Å². The van der Waals surface area contributed by atoms with Crippen molar-refractivity contribution in [1.29, 1.82) is 0 Å². The molecule has 1 atom stereocenters. The zero-order chi connectivity index (χ0) is 8.10. The fraction of sp³-hybridized carbons (Fsp3) is 1.00. The molecular weight excluding hydrogens is 158 g/mol. The lowest BCUT2D eigenvalue weighted by molar-refractivity contribution is 0.125. The van der Waals surface area contributed by atoms with Gasteiger partial charge in [-0.25, -0.2) is 0 Å². The van der Waals surface area contributed by atoms with E-state index >= 15 is 0 Å². The second kappa shape index (κ2) is 5.01. The zero-order valence-corrected chi connectivity index (χ0v) is 8.12. The topological polar surface area (TPSA) is 21.3 Å². The molecule has 2 nitrogen and oxygen atoms in total. The molecule has 0 aromatic rings. The Balaban J connectivity index is 1.95. The standard InChI is InChI=1S/C8H17NOS/c1-3-10-4-7(2)9-8-5-11-6-8/h7-9H,3-6H2,1-2H3/t7-/m0/s1. The maximum absolute atomic E-state index is 5.30. The quantitative estimate of drug-likeness (QED) is 0.676. The number of hydrogen-bond donors (Lipinski definition) is 1. The molecule has 1 aliphatic rings. The summed E-state index contributed by atoms with van der Waals surface area (Å²) in [4.78, 5) is 0. The molecule has 0 aromatic heterocycles. The van der Waals surface area contributed by atoms with Crippen molar-refractivity contribution in [3.8, 4) is 0 Å². The van der Waals surface area contributed by atoms with Gasteiger partial charge in [0, 0.05) is 30.2 Å². The number of thioether (sulfide) groups is 1. The van der Waals surface area contributed by atoms with Gasteiger partial charge in [-0.1, -0.05) is 0 Å². The first-order valence-corrected chi connectivity index (χ1v) is 5.40. The first-order chi connectivity index (χ1) is 5.33. The third-order valence-electron chi connectivity index (χ3n) is 1.73. The van der Waals surface area contributed by atoms with Crippen molar-refractivity contribution in [3.05, 3.63) is 0 Å². The van der Waals surface area contributed by atoms with E-state index in [0.717, 1.165) is 19.3 Å². The first-order valence-electron chi connectivity index (χ1n) is 4.24. The largest absolute Gasteiger partial charge is 0.380 e. The summed E-state index contributed by atoms with van der Waals surface area (Å²) in [6.07, 6.45) is 0. The summed E-state index contributed by atoms with van der Waals surface area (Å²) in [5.41, 5.74) is 0. The normalized spacial score (nSPS) is 21.3. The van der Waals surface area contributed by atoms with Crippen molar-refractivity contribution in [2.75, 3.05) is 24.7 Å². The molecule has 1 saturated heterocycles. The molecule has 1 heterocycles. The number of hydrogen-bond acceptors (Lipinski definition) is 3. The minimum atomic E-state index is 0.515. The van der Waals surface area contributed by atoms with Crippen LogP contribution in [0.4, 0.5) is 0 Å². The Morgan fingerprint density at radius 3 is 2.82 bits per heavy atom. The van der Waals surface area contributed by atoms with E-state index in [1.54, 1.807) is 0 Å². The third kappa shape index (κ3) is 3.45. The van der Waals surface area contributed by atoms with Gasteiger partial charge < -0.3 is 10.1 Å². The van der Waals surface area contributed by atoms with E-state index in [0.29, 0.717) is 6.04 Å². The fourth-order valence-electron chi connectivity index (χ4n) is 1.08. The third-order valence-corrected chi connectivity index (χ3v) is 3.01. The Bertz CT molecular complexity index is 106. The molecule has 1 aliphatic heterocycles. The highest BCUT2D eigenvalue weighted by molar-refractivity contribution is 8.00. The summed E-state index contributed by atoms with van der Waals surface area (Å²) in [6, 6.07) is 1.26. The Morgan fingerprint density at radius 1 is 1.64 bits per heavy atom. The van der Waals surface area contributed by atoms with Gasteiger partial charge in [-0.3, -0.25) is 0 Å². The molecule has 3 heteroatoms. The van der Waals surface area contributed by atoms with Crippen molar-refractivity contribution in [3.63, 3.8) is 0 Å². The average molecular weight is 175 g/mol. The van der Waals surface area contributed by atoms with Crippen LogP contribution >= 0.6 is 11.8 Å². The predicted molar refractivity (Wildman–Crippen MR) is 50.2 cm³/mol. The second-order valence-corrected chi connectivity index (χ2v) is 4.04. The van der Waals surface area contributed by atoms with Gasteiger partial charge in [-0.05, 0) is 13.8 Å². The van der Waals surface area contributed by atoms with E-state index in [1.165, 1.54) is 11.5 Å². The van der Waals surface area contributed by atoms with Crippen molar-refractivity contribution in [1.82, 2.24) is 5.32 Å². The van der Waals surface area contributed by atoms with Crippen LogP contribution in [0.15, 0.2) is 0 Å². The molecule has 0 aromatic carbocycles. The average Bonchev–Trinajstić information content (AvgIpc) is 1.93. The van der Waals surface area contributed by atoms with Gasteiger partial charge in [-0.15, -0.1) is 0 Å². The number of ether oxygens (including phenoxy) is 1. The minimum absolute atomic E-state index is 0.515. The zero-order valence-electron chi connectivity index (χ0n) is 7.30. The summed E-state index contributed by atoms with van der Waals surface area (Å²) in [5.74, 6) is 2.55. The monoisotopic (exact) mass is 175 g/mol. The Hall–Kier alpha value is 0.270. The lowest BCUT2D eigenvalue weighted by atomic mass is 10.3. The van der Waals surface area contributed by atoms with Crippen LogP contribution in [0.2, 0.25) is 0 Å². The van der Waals surface area contributed by atoms with Crippen LogP contribution < -0.4 is 5.32 Å². The smallest absolute Gasteiger partial charge is 0.0616 e. The van der Waals surface area contributed by atoms with Gasteiger partial charge in [0.1, 0.15) is 0 Å². The Labute approximate surface area is 73.1 Å². The summed E-state index contributed by atoms with van der Waals surface area (Å²) in [7, 11) is 0. The second-order valence-electron chi connectivity index (χ2n) is 2.96. The van der Waals surface area contributed by atoms with E-state index < -0.39 is 0 Å². The molecule has 0 radical (unpaired) electrons. The molecular formula is C8H17NOS. The van der Waals surface area contributed by atoms with Gasteiger partial charge in [-0.2, -0.15) is 11.8 Å². The van der Waals surface area contributed by atoms with Gasteiger partial charge >= 0.3 is 0 Å². The molecule has 0 aliphatic carbocycles. The minimum Gasteiger partial charge on any atom is -0.380 e. The Kier molecular flexibility index (Phi) is 4.26. The van der Waals surface area contributed by atoms with Crippen LogP contribution in [-0.4, -0.2) is 36.8 Å². The Morgan fingerprint density at radius 2 is 2.36 bits per heavy atom. The molecule has 1 fully saturated rings. The highest BCUT2D eigenvalue weighted by atomic mass is 32.2. The van der Waals surface area contributed by atoms with E-state index in [9.17, 15) is 0 Å². The maximum atomic E-state index is 5.30. The van der Waals surface area contributed by atoms with Crippen LogP contribution in [0.1, 0.15) is 13.8 Å². The van der Waals surface area contributed by atoms with Crippen LogP contribution in [0, 0.1) is 0 Å². The van der Waals surface area contributed by atoms with Gasteiger partial charge in [0.2, 0.25) is 0 Å². The lowest BCUT2D eigenvalue weighted by Crippen LogP contribution is -2.46. The molecule has 0 amide bonds. The highest BCUT2D eigenvalue weighted by Gasteiger charge is 2.19. The lowest BCUT2D eigenvalue weighted by Gasteiger charge is -2.29. The van der Waals surface area contributed by atoms with Crippen LogP contribution in [0.3, 0.4) is 0 Å². The van der Waals surface area contributed by atoms with Crippen molar-refractivity contribution in [2.24, 2.45) is 0 Å². The fourth-order valence-corrected chi connectivity index (χ4v) is 1.74. The van der Waals surface area contributed by atoms with E-state index in [1.807, 2.05) is 18.7 Å². The van der Waals surface area contributed by atoms with E-state index in [4.69, 9.17) is 4.74 Å². The summed E-state index contributed by atoms with van der Waals surface area (Å²) >= 11 is 2.01.